The molecule has 152 valence electrons. The Balaban J connectivity index is 1.52. The summed E-state index contributed by atoms with van der Waals surface area (Å²) in [7, 11) is 2.22. The number of oxazole rings is 1. The number of aromatic nitrogens is 1. The molecule has 1 fully saturated rings. The molecule has 2 aromatic rings. The van der Waals surface area contributed by atoms with Crippen molar-refractivity contribution in [3.05, 3.63) is 35.5 Å². The minimum absolute atomic E-state index is 0.0408. The zero-order chi connectivity index (χ0) is 20.2. The Kier molecular flexibility index (Phi) is 4.07. The van der Waals surface area contributed by atoms with Gasteiger partial charge in [0.1, 0.15) is 11.1 Å². The van der Waals surface area contributed by atoms with Gasteiger partial charge in [-0.25, -0.2) is 5.32 Å². The van der Waals surface area contributed by atoms with Crippen molar-refractivity contribution < 1.29 is 19.1 Å². The van der Waals surface area contributed by atoms with Crippen LogP contribution in [0.15, 0.2) is 40.0 Å². The summed E-state index contributed by atoms with van der Waals surface area (Å²) in [5.41, 5.74) is 3.22. The molecule has 7 heteroatoms. The fourth-order valence-corrected chi connectivity index (χ4v) is 5.04. The van der Waals surface area contributed by atoms with Gasteiger partial charge in [0.05, 0.1) is 31.4 Å². The standard InChI is InChI=1S/C22H27N5O2/c1-21(2)12-15-18(16(28)13-21)22(8-10-27(3)11-9-22)26-19(23-15)25-20-24-14-6-4-5-7-17(14)29-20/h4-7H,8-13H2,1-3H3,(H2,23,24,25,26)/p+2. The lowest BCUT2D eigenvalue weighted by Crippen LogP contribution is -3.13. The topological polar surface area (TPSA) is 85.6 Å². The zero-order valence-electron chi connectivity index (χ0n) is 17.3. The average Bonchev–Trinajstić information content (AvgIpc) is 3.04. The highest BCUT2D eigenvalue weighted by Gasteiger charge is 2.51. The Hall–Kier alpha value is -2.67. The minimum atomic E-state index is -0.317. The number of allylic oxidation sites excluding steroid dienone is 1. The maximum absolute atomic E-state index is 13.2. The Labute approximate surface area is 170 Å². The van der Waals surface area contributed by atoms with E-state index in [1.165, 1.54) is 4.90 Å². The molecule has 2 aliphatic heterocycles. The Morgan fingerprint density at radius 1 is 1.21 bits per heavy atom. The van der Waals surface area contributed by atoms with E-state index in [1.54, 1.807) is 0 Å². The normalized spacial score (nSPS) is 28.9. The van der Waals surface area contributed by atoms with Crippen molar-refractivity contribution in [3.8, 4) is 0 Å². The van der Waals surface area contributed by atoms with Crippen molar-refractivity contribution in [1.29, 1.82) is 0 Å². The number of anilines is 1. The summed E-state index contributed by atoms with van der Waals surface area (Å²) in [5.74, 6) is 1.03. The van der Waals surface area contributed by atoms with Crippen LogP contribution in [0.1, 0.15) is 39.5 Å². The third kappa shape index (κ3) is 3.23. The molecule has 7 nitrogen and oxygen atoms in total. The number of piperidine rings is 1. The van der Waals surface area contributed by atoms with Crippen LogP contribution in [-0.4, -0.2) is 42.4 Å². The van der Waals surface area contributed by atoms with E-state index in [-0.39, 0.29) is 16.7 Å². The molecule has 0 saturated carbocycles. The molecular weight excluding hydrogens is 366 g/mol. The number of carbonyl (C=O) groups is 1. The fraction of sp³-hybridized carbons (Fsp3) is 0.500. The van der Waals surface area contributed by atoms with Crippen molar-refractivity contribution in [2.75, 3.05) is 25.5 Å². The van der Waals surface area contributed by atoms with E-state index < -0.39 is 0 Å². The van der Waals surface area contributed by atoms with E-state index in [4.69, 9.17) is 4.42 Å². The first kappa shape index (κ1) is 18.4. The van der Waals surface area contributed by atoms with Crippen LogP contribution in [0.5, 0.6) is 0 Å². The first-order valence-electron chi connectivity index (χ1n) is 10.5. The second kappa shape index (κ2) is 6.42. The molecule has 1 saturated heterocycles. The molecule has 1 aliphatic carbocycles. The van der Waals surface area contributed by atoms with Gasteiger partial charge in [-0.1, -0.05) is 26.0 Å². The van der Waals surface area contributed by atoms with Crippen molar-refractivity contribution >= 4 is 28.9 Å². The number of benzene rings is 1. The lowest BCUT2D eigenvalue weighted by molar-refractivity contribution is -0.892. The smallest absolute Gasteiger partial charge is 0.365 e. The van der Waals surface area contributed by atoms with E-state index in [9.17, 15) is 4.79 Å². The van der Waals surface area contributed by atoms with Gasteiger partial charge in [0, 0.05) is 25.7 Å². The maximum Gasteiger partial charge on any atom is 0.365 e. The molecule has 0 unspecified atom stereocenters. The summed E-state index contributed by atoms with van der Waals surface area (Å²) in [6, 6.07) is 8.16. The number of carbonyl (C=O) groups excluding carboxylic acids is 1. The number of para-hydroxylation sites is 2. The van der Waals surface area contributed by atoms with Crippen LogP contribution >= 0.6 is 0 Å². The highest BCUT2D eigenvalue weighted by atomic mass is 16.4. The Morgan fingerprint density at radius 2 is 1.97 bits per heavy atom. The first-order chi connectivity index (χ1) is 13.8. The summed E-state index contributed by atoms with van der Waals surface area (Å²) < 4.78 is 5.85. The van der Waals surface area contributed by atoms with Crippen molar-refractivity contribution in [1.82, 2.24) is 10.3 Å². The molecule has 0 radical (unpaired) electrons. The van der Waals surface area contributed by atoms with Gasteiger partial charge in [0.15, 0.2) is 11.4 Å². The predicted molar refractivity (Wildman–Crippen MR) is 110 cm³/mol. The number of quaternary nitrogens is 1. The number of ketones is 1. The van der Waals surface area contributed by atoms with Crippen LogP contribution < -0.4 is 20.5 Å². The number of nitrogens with one attached hydrogen (secondary N) is 4. The van der Waals surface area contributed by atoms with Gasteiger partial charge in [-0.05, 0) is 17.5 Å². The third-order valence-electron chi connectivity index (χ3n) is 6.48. The van der Waals surface area contributed by atoms with Crippen molar-refractivity contribution in [2.24, 2.45) is 5.41 Å². The summed E-state index contributed by atoms with van der Waals surface area (Å²) in [6.45, 7) is 6.41. The molecule has 1 spiro atoms. The SMILES string of the molecule is C[NH+]1CCC2(CC1)[NH+]=C(Nc1nc3ccccc3o1)NC1=C2C(=O)CC(C)(C)C1. The van der Waals surface area contributed by atoms with Crippen LogP contribution in [0.3, 0.4) is 0 Å². The van der Waals surface area contributed by atoms with Gasteiger partial charge < -0.3 is 9.32 Å². The van der Waals surface area contributed by atoms with Gasteiger partial charge >= 0.3 is 12.0 Å². The molecule has 0 bridgehead atoms. The van der Waals surface area contributed by atoms with Gasteiger partial charge in [-0.3, -0.25) is 9.79 Å². The highest BCUT2D eigenvalue weighted by Crippen LogP contribution is 2.40. The van der Waals surface area contributed by atoms with Gasteiger partial charge in [0.2, 0.25) is 0 Å². The molecule has 4 N–H and O–H groups in total. The number of Topliss-reactive ketones (excluding diaryl/α,β-unsaturated/α-hetero) is 1. The molecule has 3 heterocycles. The minimum Gasteiger partial charge on any atom is -0.412 e. The number of likely N-dealkylation sites (tertiary alicyclic amines) is 1. The number of guanidine groups is 1. The molecule has 29 heavy (non-hydrogen) atoms. The predicted octanol–water partition coefficient (Wildman–Crippen LogP) is -0.0300. The number of fused-ring (bicyclic) bond motifs is 2. The van der Waals surface area contributed by atoms with Crippen LogP contribution in [-0.2, 0) is 4.79 Å². The van der Waals surface area contributed by atoms with Crippen LogP contribution in [0, 0.1) is 5.41 Å². The number of hydrogen-bond acceptors (Lipinski definition) is 5. The van der Waals surface area contributed by atoms with Crippen LogP contribution in [0.25, 0.3) is 11.1 Å². The molecule has 1 aromatic carbocycles. The number of rotatable bonds is 1. The molecule has 1 aromatic heterocycles. The molecule has 0 amide bonds. The Bertz CT molecular complexity index is 1010. The lowest BCUT2D eigenvalue weighted by atomic mass is 9.68. The highest BCUT2D eigenvalue weighted by molar-refractivity contribution is 6.02. The average molecular weight is 396 g/mol. The number of hydrogen-bond donors (Lipinski definition) is 4. The Morgan fingerprint density at radius 3 is 2.72 bits per heavy atom. The van der Waals surface area contributed by atoms with Gasteiger partial charge in [0.25, 0.3) is 0 Å². The molecular formula is C22H29N5O2+2. The largest absolute Gasteiger partial charge is 0.412 e. The monoisotopic (exact) mass is 395 g/mol. The summed E-state index contributed by atoms with van der Waals surface area (Å²) in [4.78, 5) is 22.9. The second-order valence-corrected chi connectivity index (χ2v) is 9.57. The van der Waals surface area contributed by atoms with Gasteiger partial charge in [-0.15, -0.1) is 0 Å². The van der Waals surface area contributed by atoms with Crippen LogP contribution in [0.2, 0.25) is 0 Å². The first-order valence-corrected chi connectivity index (χ1v) is 10.5. The summed E-state index contributed by atoms with van der Waals surface area (Å²) >= 11 is 0. The molecule has 0 atom stereocenters. The molecule has 5 rings (SSSR count). The van der Waals surface area contributed by atoms with E-state index in [1.807, 2.05) is 24.3 Å². The summed E-state index contributed by atoms with van der Waals surface area (Å²) in [6.07, 6.45) is 3.33. The van der Waals surface area contributed by atoms with Crippen LogP contribution in [0.4, 0.5) is 6.01 Å². The van der Waals surface area contributed by atoms with Gasteiger partial charge in [-0.2, -0.15) is 10.3 Å². The summed E-state index contributed by atoms with van der Waals surface area (Å²) in [5, 5.41) is 6.76. The van der Waals surface area contributed by atoms with Crippen molar-refractivity contribution in [3.63, 3.8) is 0 Å². The maximum atomic E-state index is 13.2. The van der Waals surface area contributed by atoms with E-state index in [0.717, 1.165) is 60.7 Å². The lowest BCUT2D eigenvalue weighted by Gasteiger charge is -2.42. The second-order valence-electron chi connectivity index (χ2n) is 9.57. The van der Waals surface area contributed by atoms with Crippen molar-refractivity contribution in [2.45, 2.75) is 45.1 Å². The number of nitrogens with zero attached hydrogens (tertiary/aromatic N) is 1. The third-order valence-corrected chi connectivity index (χ3v) is 6.48. The van der Waals surface area contributed by atoms with E-state index >= 15 is 0 Å². The van der Waals surface area contributed by atoms with E-state index in [0.29, 0.717) is 12.4 Å². The van der Waals surface area contributed by atoms with E-state index in [2.05, 4.69) is 41.5 Å². The zero-order valence-corrected chi connectivity index (χ0v) is 17.3. The fourth-order valence-electron chi connectivity index (χ4n) is 5.04. The molecule has 3 aliphatic rings. The quantitative estimate of drug-likeness (QED) is 0.545.